The van der Waals surface area contributed by atoms with E-state index in [1.54, 1.807) is 0 Å². The first kappa shape index (κ1) is 17.3. The van der Waals surface area contributed by atoms with Gasteiger partial charge in [0.15, 0.2) is 16.3 Å². The second-order valence-corrected chi connectivity index (χ2v) is 11.3. The average Bonchev–Trinajstić information content (AvgIpc) is 3.32. The second-order valence-electron chi connectivity index (χ2n) is 11.3. The van der Waals surface area contributed by atoms with Crippen LogP contribution in [0.5, 0.6) is 0 Å². The molecule has 3 heteroatoms. The van der Waals surface area contributed by atoms with E-state index in [0.717, 1.165) is 67.1 Å². The number of hydrogen-bond acceptors (Lipinski definition) is 3. The maximum Gasteiger partial charge on any atom is 0.194 e. The van der Waals surface area contributed by atoms with Gasteiger partial charge in [0.25, 0.3) is 0 Å². The quantitative estimate of drug-likeness (QED) is 0.300. The average molecular weight is 416 g/mol. The van der Waals surface area contributed by atoms with Crippen molar-refractivity contribution >= 4 is 64.6 Å². The van der Waals surface area contributed by atoms with Gasteiger partial charge in [-0.3, -0.25) is 14.4 Å². The summed E-state index contributed by atoms with van der Waals surface area (Å²) in [6, 6.07) is 7.30. The van der Waals surface area contributed by atoms with Gasteiger partial charge in [0.05, 0.1) is 0 Å². The lowest BCUT2D eigenvalue weighted by atomic mass is 9.61. The van der Waals surface area contributed by atoms with Crippen molar-refractivity contribution in [3.05, 3.63) is 66.1 Å². The monoisotopic (exact) mass is 416 g/mol. The molecule has 0 bridgehead atoms. The van der Waals surface area contributed by atoms with Gasteiger partial charge < -0.3 is 0 Å². The Morgan fingerprint density at radius 2 is 0.781 bits per heavy atom. The Hall–Kier alpha value is -3.33. The van der Waals surface area contributed by atoms with Crippen LogP contribution in [0, 0.1) is 0 Å². The lowest BCUT2D eigenvalue weighted by molar-refractivity contribution is 0.337. The normalized spacial score (nSPS) is 18.6. The van der Waals surface area contributed by atoms with Crippen LogP contribution in [0.25, 0.3) is 64.6 Å². The molecule has 154 valence electrons. The topological polar surface area (TPSA) is 51.2 Å². The molecule has 1 aliphatic carbocycles. The van der Waals surface area contributed by atoms with Crippen molar-refractivity contribution in [2.24, 2.45) is 0 Å². The molecule has 0 unspecified atom stereocenters. The molecule has 0 aliphatic heterocycles. The third kappa shape index (κ3) is 1.46. The maximum atomic E-state index is 14.0. The molecule has 1 aliphatic rings. The molecule has 0 atom stereocenters. The summed E-state index contributed by atoms with van der Waals surface area (Å²) in [5.41, 5.74) is 1.82. The minimum absolute atomic E-state index is 0.000581. The third-order valence-corrected chi connectivity index (χ3v) is 8.82. The molecule has 7 aromatic rings. The first-order valence-electron chi connectivity index (χ1n) is 11.4. The van der Waals surface area contributed by atoms with Crippen molar-refractivity contribution in [3.8, 4) is 0 Å². The van der Waals surface area contributed by atoms with E-state index in [-0.39, 0.29) is 27.1 Å². The fourth-order valence-electron chi connectivity index (χ4n) is 7.35. The Bertz CT molecular complexity index is 1930. The lowest BCUT2D eigenvalue weighted by Crippen LogP contribution is -2.35. The van der Waals surface area contributed by atoms with Gasteiger partial charge in [-0.15, -0.1) is 0 Å². The van der Waals surface area contributed by atoms with Crippen LogP contribution >= 0.6 is 0 Å². The molecule has 0 heterocycles. The molecular weight excluding hydrogens is 396 g/mol. The number of benzene rings is 4. The highest BCUT2D eigenvalue weighted by molar-refractivity contribution is 6.48. The molecule has 7 aromatic carbocycles. The van der Waals surface area contributed by atoms with Crippen LogP contribution in [0.15, 0.2) is 38.6 Å². The van der Waals surface area contributed by atoms with Crippen molar-refractivity contribution in [2.75, 3.05) is 0 Å². The third-order valence-electron chi connectivity index (χ3n) is 8.82. The Morgan fingerprint density at radius 1 is 0.469 bits per heavy atom. The minimum atomic E-state index is -0.205. The van der Waals surface area contributed by atoms with Gasteiger partial charge in [-0.2, -0.15) is 0 Å². The van der Waals surface area contributed by atoms with Gasteiger partial charge in [0, 0.05) is 64.6 Å². The molecule has 8 rings (SSSR count). The Morgan fingerprint density at radius 3 is 1.16 bits per heavy atom. The van der Waals surface area contributed by atoms with E-state index in [9.17, 15) is 14.4 Å². The van der Waals surface area contributed by atoms with E-state index in [2.05, 4.69) is 27.7 Å². The molecule has 32 heavy (non-hydrogen) atoms. The summed E-state index contributed by atoms with van der Waals surface area (Å²) in [6.45, 7) is 8.83. The fraction of sp³-hybridized carbons (Fsp3) is 0.276. The number of hydrogen-bond donors (Lipinski definition) is 0. The van der Waals surface area contributed by atoms with Crippen molar-refractivity contribution < 1.29 is 0 Å². The summed E-state index contributed by atoms with van der Waals surface area (Å²) in [4.78, 5) is 41.3. The molecule has 0 spiro atoms. The number of rotatable bonds is 0. The molecule has 0 radical (unpaired) electrons. The predicted octanol–water partition coefficient (Wildman–Crippen LogP) is 5.66. The van der Waals surface area contributed by atoms with Crippen LogP contribution < -0.4 is 16.3 Å². The summed E-state index contributed by atoms with van der Waals surface area (Å²) in [6.07, 6.45) is 1.93. The molecule has 0 N–H and O–H groups in total. The molecule has 0 fully saturated rings. The van der Waals surface area contributed by atoms with Crippen LogP contribution in [0.2, 0.25) is 0 Å². The van der Waals surface area contributed by atoms with Crippen LogP contribution in [-0.2, 0) is 10.8 Å². The van der Waals surface area contributed by atoms with Gasteiger partial charge in [-0.25, -0.2) is 0 Å². The highest BCUT2D eigenvalue weighted by Gasteiger charge is 2.43. The van der Waals surface area contributed by atoms with E-state index < -0.39 is 0 Å². The van der Waals surface area contributed by atoms with E-state index >= 15 is 0 Å². The van der Waals surface area contributed by atoms with Gasteiger partial charge >= 0.3 is 0 Å². The molecule has 0 saturated carbocycles. The zero-order chi connectivity index (χ0) is 22.1. The molecule has 3 nitrogen and oxygen atoms in total. The number of fused-ring (bicyclic) bond motifs is 3. The standard InChI is InChI=1S/C29H20O3/c1-28(2)9-10-29(3,4)24-22-20-18-14(27(22)32)8-6-12-16(18)15-11(25(12)30)5-7-13-17(15)19(20)21(23(24)28)26(13)31/h5-8H,9-10H2,1-4H3. The van der Waals surface area contributed by atoms with Crippen molar-refractivity contribution in [1.29, 1.82) is 0 Å². The first-order chi connectivity index (χ1) is 15.1. The zero-order valence-electron chi connectivity index (χ0n) is 18.4. The smallest absolute Gasteiger partial charge is 0.194 e. The van der Waals surface area contributed by atoms with Crippen molar-refractivity contribution in [1.82, 2.24) is 0 Å². The zero-order valence-corrected chi connectivity index (χ0v) is 18.4. The van der Waals surface area contributed by atoms with Crippen LogP contribution in [0.1, 0.15) is 51.7 Å². The lowest BCUT2D eigenvalue weighted by Gasteiger charge is -2.42. The van der Waals surface area contributed by atoms with Gasteiger partial charge in [0.2, 0.25) is 0 Å². The fourth-order valence-corrected chi connectivity index (χ4v) is 7.35. The molecule has 0 amide bonds. The Kier molecular flexibility index (Phi) is 2.46. The van der Waals surface area contributed by atoms with E-state index in [1.165, 1.54) is 0 Å². The van der Waals surface area contributed by atoms with Gasteiger partial charge in [0.1, 0.15) is 0 Å². The van der Waals surface area contributed by atoms with E-state index in [1.807, 2.05) is 24.3 Å². The second kappa shape index (κ2) is 4.56. The summed E-state index contributed by atoms with van der Waals surface area (Å²) in [7, 11) is 0. The van der Waals surface area contributed by atoms with E-state index in [4.69, 9.17) is 0 Å². The molecule has 0 saturated heterocycles. The van der Waals surface area contributed by atoms with Crippen LogP contribution in [0.4, 0.5) is 0 Å². The maximum absolute atomic E-state index is 14.0. The van der Waals surface area contributed by atoms with Crippen LogP contribution in [0.3, 0.4) is 0 Å². The van der Waals surface area contributed by atoms with Crippen molar-refractivity contribution in [3.63, 3.8) is 0 Å². The highest BCUT2D eigenvalue weighted by atomic mass is 16.1. The largest absolute Gasteiger partial charge is 0.289 e. The summed E-state index contributed by atoms with van der Waals surface area (Å²) < 4.78 is 0. The van der Waals surface area contributed by atoms with E-state index in [0.29, 0.717) is 21.5 Å². The van der Waals surface area contributed by atoms with Crippen LogP contribution in [-0.4, -0.2) is 0 Å². The first-order valence-corrected chi connectivity index (χ1v) is 11.4. The van der Waals surface area contributed by atoms with Gasteiger partial charge in [-0.05, 0) is 59.1 Å². The SMILES string of the molecule is CC1(C)CCC(C)(C)c2c1c1c(=O)c3ccc4c(=O)c5ccc6c(=O)c2c2c6c5c4c3c12. The predicted molar refractivity (Wildman–Crippen MR) is 133 cm³/mol. The van der Waals surface area contributed by atoms with Gasteiger partial charge in [-0.1, -0.05) is 27.7 Å². The summed E-state index contributed by atoms with van der Waals surface area (Å²) in [5.74, 6) is 0. The minimum Gasteiger partial charge on any atom is -0.289 e. The molecular formula is C29H20O3. The summed E-state index contributed by atoms with van der Waals surface area (Å²) in [5, 5.41) is 9.68. The summed E-state index contributed by atoms with van der Waals surface area (Å²) >= 11 is 0. The Balaban J connectivity index is 1.94. The molecule has 0 aromatic heterocycles. The van der Waals surface area contributed by atoms with Crippen molar-refractivity contribution in [2.45, 2.75) is 51.4 Å². The highest BCUT2D eigenvalue weighted by Crippen LogP contribution is 2.56. The Labute approximate surface area is 182 Å².